The number of carbonyl (C=O) groups is 1. The van der Waals surface area contributed by atoms with Crippen LogP contribution in [0.5, 0.6) is 0 Å². The Bertz CT molecular complexity index is 1130. The largest absolute Gasteiger partial charge is 0.331 e. The number of nitrogens with zero attached hydrogens (tertiary/aromatic N) is 3. The van der Waals surface area contributed by atoms with E-state index in [1.54, 1.807) is 18.2 Å². The van der Waals surface area contributed by atoms with Gasteiger partial charge in [-0.2, -0.15) is 0 Å². The number of halogens is 2. The number of aryl methyl sites for hydroxylation is 2. The van der Waals surface area contributed by atoms with Gasteiger partial charge in [-0.05, 0) is 54.6 Å². The third kappa shape index (κ3) is 3.48. The van der Waals surface area contributed by atoms with Gasteiger partial charge in [-0.3, -0.25) is 4.79 Å². The fourth-order valence-electron chi connectivity index (χ4n) is 2.75. The molecule has 1 aliphatic heterocycles. The second-order valence-corrected chi connectivity index (χ2v) is 7.86. The number of hydrogen-bond acceptors (Lipinski definition) is 4. The second kappa shape index (κ2) is 7.03. The highest BCUT2D eigenvalue weighted by atomic mass is 35.5. The molecule has 4 rings (SSSR count). The summed E-state index contributed by atoms with van der Waals surface area (Å²) < 4.78 is 2.02. The summed E-state index contributed by atoms with van der Waals surface area (Å²) in [6, 6.07) is 11.1. The van der Waals surface area contributed by atoms with Gasteiger partial charge >= 0.3 is 0 Å². The maximum Gasteiger partial charge on any atom is 0.264 e. The third-order valence-corrected chi connectivity index (χ3v) is 5.75. The maximum atomic E-state index is 12.3. The number of thioether (sulfide) groups is 1. The monoisotopic (exact) mass is 416 g/mol. The zero-order chi connectivity index (χ0) is 19.1. The van der Waals surface area contributed by atoms with Crippen molar-refractivity contribution >= 4 is 68.8 Å². The van der Waals surface area contributed by atoms with Crippen molar-refractivity contribution < 1.29 is 4.79 Å². The lowest BCUT2D eigenvalue weighted by molar-refractivity contribution is -0.115. The molecule has 0 radical (unpaired) electrons. The number of fused-ring (bicyclic) bond motifs is 1. The van der Waals surface area contributed by atoms with E-state index in [2.05, 4.69) is 15.3 Å². The average Bonchev–Trinajstić information content (AvgIpc) is 3.11. The molecular weight excluding hydrogens is 403 g/mol. The number of nitrogens with one attached hydrogen (secondary N) is 1. The Morgan fingerprint density at radius 3 is 2.70 bits per heavy atom. The fraction of sp³-hybridized carbons (Fsp3) is 0.105. The Hall–Kier alpha value is -2.28. The van der Waals surface area contributed by atoms with E-state index < -0.39 is 0 Å². The van der Waals surface area contributed by atoms with Gasteiger partial charge in [-0.1, -0.05) is 35.3 Å². The van der Waals surface area contributed by atoms with Crippen LogP contribution in [0.4, 0.5) is 5.69 Å². The Morgan fingerprint density at radius 2 is 1.96 bits per heavy atom. The number of carbonyl (C=O) groups excluding carboxylic acids is 1. The molecule has 2 aromatic carbocycles. The van der Waals surface area contributed by atoms with Crippen LogP contribution in [-0.2, 0) is 11.8 Å². The first-order chi connectivity index (χ1) is 12.9. The van der Waals surface area contributed by atoms with E-state index in [4.69, 9.17) is 23.2 Å². The van der Waals surface area contributed by atoms with E-state index in [-0.39, 0.29) is 5.91 Å². The van der Waals surface area contributed by atoms with Crippen LogP contribution < -0.4 is 5.32 Å². The van der Waals surface area contributed by atoms with Crippen molar-refractivity contribution in [1.29, 1.82) is 0 Å². The predicted octanol–water partition coefficient (Wildman–Crippen LogP) is 5.08. The number of rotatable bonds is 2. The van der Waals surface area contributed by atoms with Gasteiger partial charge in [0.25, 0.3) is 5.91 Å². The number of amidine groups is 1. The number of para-hydroxylation sites is 1. The minimum atomic E-state index is -0.205. The Morgan fingerprint density at radius 1 is 1.22 bits per heavy atom. The van der Waals surface area contributed by atoms with Gasteiger partial charge in [0.2, 0.25) is 0 Å². The first-order valence-corrected chi connectivity index (χ1v) is 9.66. The molecule has 8 heteroatoms. The van der Waals surface area contributed by atoms with Gasteiger partial charge in [0.15, 0.2) is 5.17 Å². The van der Waals surface area contributed by atoms with Gasteiger partial charge in [-0.25, -0.2) is 9.98 Å². The molecule has 1 amide bonds. The normalized spacial score (nSPS) is 17.3. The summed E-state index contributed by atoms with van der Waals surface area (Å²) in [7, 11) is 1.97. The zero-order valence-electron chi connectivity index (χ0n) is 14.5. The number of amides is 1. The van der Waals surface area contributed by atoms with Gasteiger partial charge in [0.05, 0.1) is 26.0 Å². The minimum absolute atomic E-state index is 0.205. The number of imidazole rings is 1. The molecule has 1 fully saturated rings. The van der Waals surface area contributed by atoms with E-state index in [9.17, 15) is 4.79 Å². The van der Waals surface area contributed by atoms with Crippen LogP contribution in [0.25, 0.3) is 17.1 Å². The van der Waals surface area contributed by atoms with Crippen LogP contribution in [0, 0.1) is 6.92 Å². The smallest absolute Gasteiger partial charge is 0.264 e. The highest BCUT2D eigenvalue weighted by Gasteiger charge is 2.24. The summed E-state index contributed by atoms with van der Waals surface area (Å²) in [5, 5.41) is 4.05. The fourth-order valence-corrected chi connectivity index (χ4v) is 4.06. The summed E-state index contributed by atoms with van der Waals surface area (Å²) in [6.07, 6.45) is 1.83. The van der Waals surface area contributed by atoms with E-state index >= 15 is 0 Å². The molecule has 1 saturated heterocycles. The van der Waals surface area contributed by atoms with Crippen LogP contribution >= 0.6 is 35.0 Å². The number of hydrogen-bond donors (Lipinski definition) is 1. The lowest BCUT2D eigenvalue weighted by Gasteiger charge is -2.01. The van der Waals surface area contributed by atoms with Crippen molar-refractivity contribution in [2.24, 2.45) is 12.0 Å². The van der Waals surface area contributed by atoms with Crippen molar-refractivity contribution in [3.8, 4) is 0 Å². The van der Waals surface area contributed by atoms with E-state index in [1.807, 2.05) is 42.8 Å². The molecule has 0 saturated carbocycles. The molecule has 136 valence electrons. The predicted molar refractivity (Wildman–Crippen MR) is 113 cm³/mol. The van der Waals surface area contributed by atoms with E-state index in [0.29, 0.717) is 25.8 Å². The van der Waals surface area contributed by atoms with Crippen LogP contribution in [-0.4, -0.2) is 20.6 Å². The van der Waals surface area contributed by atoms with Crippen molar-refractivity contribution in [2.45, 2.75) is 6.92 Å². The number of aromatic nitrogens is 2. The SMILES string of the molecule is Cc1nc2ccc(/C=C3\SC(=Nc4c(Cl)cccc4Cl)NC3=O)cc2n1C. The van der Waals surface area contributed by atoms with Gasteiger partial charge in [-0.15, -0.1) is 0 Å². The van der Waals surface area contributed by atoms with E-state index in [0.717, 1.165) is 22.4 Å². The summed E-state index contributed by atoms with van der Waals surface area (Å²) in [5.41, 5.74) is 3.30. The standard InChI is InChI=1S/C19H14Cl2N4OS/c1-10-22-14-7-6-11(8-15(14)25(10)2)9-16-18(26)24-19(27-16)23-17-12(20)4-3-5-13(17)21/h3-9H,1-2H3,(H,23,24,26)/b16-9-. The van der Waals surface area contributed by atoms with Crippen LogP contribution in [0.2, 0.25) is 10.0 Å². The lowest BCUT2D eigenvalue weighted by Crippen LogP contribution is -2.19. The quantitative estimate of drug-likeness (QED) is 0.592. The second-order valence-electron chi connectivity index (χ2n) is 6.02. The lowest BCUT2D eigenvalue weighted by atomic mass is 10.2. The van der Waals surface area contributed by atoms with Gasteiger partial charge in [0, 0.05) is 7.05 Å². The maximum absolute atomic E-state index is 12.3. The molecule has 1 N–H and O–H groups in total. The van der Waals surface area contributed by atoms with Crippen LogP contribution in [0.3, 0.4) is 0 Å². The van der Waals surface area contributed by atoms with Gasteiger partial charge in [0.1, 0.15) is 11.5 Å². The molecule has 0 unspecified atom stereocenters. The third-order valence-electron chi connectivity index (χ3n) is 4.23. The Kier molecular flexibility index (Phi) is 4.72. The molecule has 0 spiro atoms. The molecule has 3 aromatic rings. The highest BCUT2D eigenvalue weighted by molar-refractivity contribution is 8.18. The summed E-state index contributed by atoms with van der Waals surface area (Å²) in [5.74, 6) is 0.733. The molecule has 2 heterocycles. The number of aliphatic imine (C=N–C) groups is 1. The molecule has 27 heavy (non-hydrogen) atoms. The topological polar surface area (TPSA) is 59.3 Å². The van der Waals surface area contributed by atoms with Crippen molar-refractivity contribution in [2.75, 3.05) is 0 Å². The summed E-state index contributed by atoms with van der Waals surface area (Å²) in [4.78, 5) is 21.8. The van der Waals surface area contributed by atoms with Crippen molar-refractivity contribution in [1.82, 2.24) is 14.9 Å². The van der Waals surface area contributed by atoms with Gasteiger partial charge < -0.3 is 9.88 Å². The molecule has 0 atom stereocenters. The molecule has 0 aliphatic carbocycles. The van der Waals surface area contributed by atoms with Crippen molar-refractivity contribution in [3.63, 3.8) is 0 Å². The molecular formula is C19H14Cl2N4OS. The summed E-state index contributed by atoms with van der Waals surface area (Å²) in [6.45, 7) is 1.96. The minimum Gasteiger partial charge on any atom is -0.331 e. The van der Waals surface area contributed by atoms with Crippen molar-refractivity contribution in [3.05, 3.63) is 62.7 Å². The Labute approximate surface area is 170 Å². The van der Waals surface area contributed by atoms with Crippen LogP contribution in [0.15, 0.2) is 46.3 Å². The molecule has 1 aliphatic rings. The molecule has 1 aromatic heterocycles. The first kappa shape index (κ1) is 18.1. The Balaban J connectivity index is 1.66. The molecule has 5 nitrogen and oxygen atoms in total. The zero-order valence-corrected chi connectivity index (χ0v) is 16.8. The van der Waals surface area contributed by atoms with E-state index in [1.165, 1.54) is 11.8 Å². The number of benzene rings is 2. The average molecular weight is 417 g/mol. The van der Waals surface area contributed by atoms with Crippen LogP contribution in [0.1, 0.15) is 11.4 Å². The molecule has 0 bridgehead atoms. The first-order valence-electron chi connectivity index (χ1n) is 8.09. The summed E-state index contributed by atoms with van der Waals surface area (Å²) >= 11 is 13.5. The highest BCUT2D eigenvalue weighted by Crippen LogP contribution is 2.35.